The van der Waals surface area contributed by atoms with Crippen LogP contribution in [-0.4, -0.2) is 58.4 Å². The number of carbonyl (C=O) groups is 1. The number of amides is 1. The molecule has 0 saturated carbocycles. The Morgan fingerprint density at radius 2 is 1.66 bits per heavy atom. The highest BCUT2D eigenvalue weighted by Crippen LogP contribution is 2.44. The smallest absolute Gasteiger partial charge is 0.256 e. The molecule has 7 nitrogen and oxygen atoms in total. The minimum atomic E-state index is -0.150. The highest BCUT2D eigenvalue weighted by Gasteiger charge is 2.31. The first-order valence-electron chi connectivity index (χ1n) is 11.6. The summed E-state index contributed by atoms with van der Waals surface area (Å²) < 4.78 is 22.0. The van der Waals surface area contributed by atoms with Gasteiger partial charge in [-0.25, -0.2) is 0 Å². The first kappa shape index (κ1) is 25.0. The molecule has 2 heterocycles. The van der Waals surface area contributed by atoms with Gasteiger partial charge in [-0.3, -0.25) is 9.69 Å². The number of ether oxygens (including phenoxy) is 4. The Labute approximate surface area is 210 Å². The van der Waals surface area contributed by atoms with Gasteiger partial charge in [0.15, 0.2) is 11.5 Å². The minimum absolute atomic E-state index is 0.0742. The molecule has 8 heteroatoms. The predicted octanol–water partition coefficient (Wildman–Crippen LogP) is 5.06. The predicted molar refractivity (Wildman–Crippen MR) is 139 cm³/mol. The van der Waals surface area contributed by atoms with Crippen molar-refractivity contribution in [2.45, 2.75) is 19.9 Å². The Hall–Kier alpha value is -3.07. The van der Waals surface area contributed by atoms with Gasteiger partial charge in [-0.15, -0.1) is 11.3 Å². The summed E-state index contributed by atoms with van der Waals surface area (Å²) in [5, 5.41) is 4.05. The van der Waals surface area contributed by atoms with Crippen LogP contribution in [0.25, 0.3) is 0 Å². The first-order valence-corrected chi connectivity index (χ1v) is 12.4. The number of thiophene rings is 1. The van der Waals surface area contributed by atoms with E-state index in [1.807, 2.05) is 12.1 Å². The van der Waals surface area contributed by atoms with Gasteiger partial charge < -0.3 is 24.3 Å². The van der Waals surface area contributed by atoms with Crippen molar-refractivity contribution in [3.05, 3.63) is 69.6 Å². The summed E-state index contributed by atoms with van der Waals surface area (Å²) >= 11 is 1.61. The molecule has 0 aliphatic carbocycles. The number of nitrogens with zero attached hydrogens (tertiary/aromatic N) is 1. The number of anilines is 1. The standard InChI is InChI=1S/C27H32N2O5S/c1-17-18(2)35-27(28-26(30)19-6-9-21(31-3)10-7-19)24(17)25(29-12-14-34-15-13-29)20-8-11-22(32-4)23(16-20)33-5/h6-11,16,25H,12-15H2,1-5H3,(H,28,30). The lowest BCUT2D eigenvalue weighted by molar-refractivity contribution is 0.0240. The summed E-state index contributed by atoms with van der Waals surface area (Å²) in [6, 6.07) is 13.1. The quantitative estimate of drug-likeness (QED) is 0.470. The van der Waals surface area contributed by atoms with Crippen molar-refractivity contribution in [2.75, 3.05) is 52.9 Å². The minimum Gasteiger partial charge on any atom is -0.497 e. The number of benzene rings is 2. The lowest BCUT2D eigenvalue weighted by Gasteiger charge is -2.36. The SMILES string of the molecule is COc1ccc(C(=O)Nc2sc(C)c(C)c2C(c2ccc(OC)c(OC)c2)N2CCOCC2)cc1. The average Bonchev–Trinajstić information content (AvgIpc) is 3.17. The fourth-order valence-electron chi connectivity index (χ4n) is 4.40. The van der Waals surface area contributed by atoms with Crippen LogP contribution in [0.5, 0.6) is 17.2 Å². The van der Waals surface area contributed by atoms with Gasteiger partial charge in [0.25, 0.3) is 5.91 Å². The zero-order valence-electron chi connectivity index (χ0n) is 20.8. The van der Waals surface area contributed by atoms with Crippen LogP contribution in [0.1, 0.15) is 38.0 Å². The van der Waals surface area contributed by atoms with E-state index in [0.717, 1.165) is 29.2 Å². The van der Waals surface area contributed by atoms with E-state index < -0.39 is 0 Å². The summed E-state index contributed by atoms with van der Waals surface area (Å²) in [4.78, 5) is 16.8. The highest BCUT2D eigenvalue weighted by molar-refractivity contribution is 7.16. The lowest BCUT2D eigenvalue weighted by Crippen LogP contribution is -2.40. The molecule has 0 bridgehead atoms. The summed E-state index contributed by atoms with van der Waals surface area (Å²) in [6.07, 6.45) is 0. The molecule has 2 aromatic carbocycles. The lowest BCUT2D eigenvalue weighted by atomic mass is 9.94. The molecule has 1 aliphatic heterocycles. The summed E-state index contributed by atoms with van der Waals surface area (Å²) in [7, 11) is 4.89. The normalized spacial score (nSPS) is 14.9. The third-order valence-corrected chi connectivity index (χ3v) is 7.56. The van der Waals surface area contributed by atoms with Gasteiger partial charge in [0.2, 0.25) is 0 Å². The Kier molecular flexibility index (Phi) is 7.95. The number of hydrogen-bond acceptors (Lipinski definition) is 7. The molecule has 0 radical (unpaired) electrons. The van der Waals surface area contributed by atoms with E-state index >= 15 is 0 Å². The van der Waals surface area contributed by atoms with E-state index in [1.165, 1.54) is 10.4 Å². The number of nitrogens with one attached hydrogen (secondary N) is 1. The van der Waals surface area contributed by atoms with Crippen LogP contribution in [0.2, 0.25) is 0 Å². The molecular weight excluding hydrogens is 464 g/mol. The molecular formula is C27H32N2O5S. The fraction of sp³-hybridized carbons (Fsp3) is 0.370. The maximum atomic E-state index is 13.2. The third kappa shape index (κ3) is 5.29. The molecule has 1 aromatic heterocycles. The van der Waals surface area contributed by atoms with E-state index in [1.54, 1.807) is 56.9 Å². The van der Waals surface area contributed by atoms with Gasteiger partial charge in [0.05, 0.1) is 40.6 Å². The van der Waals surface area contributed by atoms with Gasteiger partial charge in [-0.05, 0) is 61.4 Å². The molecule has 1 aliphatic rings. The van der Waals surface area contributed by atoms with Crippen LogP contribution in [-0.2, 0) is 4.74 Å². The van der Waals surface area contributed by atoms with E-state index in [0.29, 0.717) is 36.0 Å². The number of methoxy groups -OCH3 is 3. The number of rotatable bonds is 8. The van der Waals surface area contributed by atoms with E-state index in [4.69, 9.17) is 18.9 Å². The maximum Gasteiger partial charge on any atom is 0.256 e. The zero-order chi connectivity index (χ0) is 24.9. The highest BCUT2D eigenvalue weighted by atomic mass is 32.1. The van der Waals surface area contributed by atoms with Gasteiger partial charge in [0, 0.05) is 29.1 Å². The number of carbonyl (C=O) groups excluding carboxylic acids is 1. The second kappa shape index (κ2) is 11.1. The van der Waals surface area contributed by atoms with E-state index in [-0.39, 0.29) is 11.9 Å². The van der Waals surface area contributed by atoms with Crippen molar-refractivity contribution in [3.63, 3.8) is 0 Å². The zero-order valence-corrected chi connectivity index (χ0v) is 21.7. The summed E-state index contributed by atoms with van der Waals surface area (Å²) in [5.41, 5.74) is 3.93. The van der Waals surface area contributed by atoms with E-state index in [2.05, 4.69) is 30.1 Å². The molecule has 35 heavy (non-hydrogen) atoms. The van der Waals surface area contributed by atoms with Crippen LogP contribution in [0.3, 0.4) is 0 Å². The average molecular weight is 497 g/mol. The van der Waals surface area contributed by atoms with Crippen LogP contribution in [0.4, 0.5) is 5.00 Å². The van der Waals surface area contributed by atoms with Crippen LogP contribution >= 0.6 is 11.3 Å². The van der Waals surface area contributed by atoms with Crippen molar-refractivity contribution in [1.29, 1.82) is 0 Å². The van der Waals surface area contributed by atoms with Gasteiger partial charge in [0.1, 0.15) is 10.8 Å². The molecule has 186 valence electrons. The second-order valence-electron chi connectivity index (χ2n) is 8.37. The Morgan fingerprint density at radius 3 is 2.29 bits per heavy atom. The Balaban J connectivity index is 1.76. The third-order valence-electron chi connectivity index (χ3n) is 6.42. The largest absolute Gasteiger partial charge is 0.497 e. The van der Waals surface area contributed by atoms with Gasteiger partial charge in [-0.2, -0.15) is 0 Å². The summed E-state index contributed by atoms with van der Waals surface area (Å²) in [5.74, 6) is 1.92. The second-order valence-corrected chi connectivity index (χ2v) is 9.60. The van der Waals surface area contributed by atoms with Crippen molar-refractivity contribution >= 4 is 22.2 Å². The topological polar surface area (TPSA) is 69.3 Å². The maximum absolute atomic E-state index is 13.2. The molecule has 1 atom stereocenters. The molecule has 1 unspecified atom stereocenters. The monoisotopic (exact) mass is 496 g/mol. The molecule has 0 spiro atoms. The Bertz CT molecular complexity index is 1170. The van der Waals surface area contributed by atoms with Gasteiger partial charge in [-0.1, -0.05) is 6.07 Å². The van der Waals surface area contributed by atoms with Crippen LogP contribution < -0.4 is 19.5 Å². The number of morpholine rings is 1. The number of hydrogen-bond donors (Lipinski definition) is 1. The van der Waals surface area contributed by atoms with Crippen LogP contribution in [0, 0.1) is 13.8 Å². The first-order chi connectivity index (χ1) is 17.0. The summed E-state index contributed by atoms with van der Waals surface area (Å²) in [6.45, 7) is 7.13. The molecule has 4 rings (SSSR count). The number of aryl methyl sites for hydroxylation is 1. The van der Waals surface area contributed by atoms with E-state index in [9.17, 15) is 4.79 Å². The fourth-order valence-corrected chi connectivity index (χ4v) is 5.49. The van der Waals surface area contributed by atoms with Crippen molar-refractivity contribution in [3.8, 4) is 17.2 Å². The van der Waals surface area contributed by atoms with Crippen molar-refractivity contribution in [2.24, 2.45) is 0 Å². The Morgan fingerprint density at radius 1 is 0.971 bits per heavy atom. The molecule has 1 N–H and O–H groups in total. The molecule has 1 amide bonds. The van der Waals surface area contributed by atoms with Crippen molar-refractivity contribution < 1.29 is 23.7 Å². The molecule has 1 saturated heterocycles. The molecule has 3 aromatic rings. The van der Waals surface area contributed by atoms with Crippen molar-refractivity contribution in [1.82, 2.24) is 4.90 Å². The van der Waals surface area contributed by atoms with Crippen LogP contribution in [0.15, 0.2) is 42.5 Å². The van der Waals surface area contributed by atoms with Gasteiger partial charge >= 0.3 is 0 Å². The molecule has 1 fully saturated rings.